The van der Waals surface area contributed by atoms with Crippen molar-refractivity contribution in [2.45, 2.75) is 63.2 Å². The normalized spacial score (nSPS) is 17.2. The zero-order valence-corrected chi connectivity index (χ0v) is 17.8. The van der Waals surface area contributed by atoms with Crippen LogP contribution in [0.15, 0.2) is 24.4 Å². The van der Waals surface area contributed by atoms with E-state index in [0.717, 1.165) is 48.1 Å². The minimum atomic E-state index is -2.36. The maximum atomic E-state index is 13.1. The van der Waals surface area contributed by atoms with Crippen molar-refractivity contribution in [1.82, 2.24) is 9.97 Å². The number of ether oxygens (including phenoxy) is 2. The summed E-state index contributed by atoms with van der Waals surface area (Å²) in [7, 11) is 1.33. The van der Waals surface area contributed by atoms with Gasteiger partial charge in [-0.1, -0.05) is 18.2 Å². The average molecular weight is 430 g/mol. The Morgan fingerprint density at radius 1 is 1.19 bits per heavy atom. The third-order valence-electron chi connectivity index (χ3n) is 6.18. The van der Waals surface area contributed by atoms with Gasteiger partial charge in [-0.25, -0.2) is 18.6 Å². The monoisotopic (exact) mass is 430 g/mol. The van der Waals surface area contributed by atoms with Gasteiger partial charge in [-0.05, 0) is 54.7 Å². The molecule has 1 saturated heterocycles. The number of hydrogen-bond donors (Lipinski definition) is 0. The van der Waals surface area contributed by atoms with Crippen molar-refractivity contribution in [3.8, 4) is 0 Å². The molecule has 0 spiro atoms. The standard InChI is InChI=1S/C24H28F2N2O3/c1-30-24(29)23-20(27-14-21(28-23)16-5-6-16)13-17-3-2-4-18(15-9-11-31-12-10-15)19(17)7-8-22(25)26/h2-4,14-16,22H,5-13H2,1H3. The van der Waals surface area contributed by atoms with Crippen molar-refractivity contribution in [1.29, 1.82) is 0 Å². The Bertz CT molecular complexity index is 925. The van der Waals surface area contributed by atoms with Gasteiger partial charge in [0.05, 0.1) is 18.5 Å². The first-order chi connectivity index (χ1) is 15.1. The lowest BCUT2D eigenvalue weighted by molar-refractivity contribution is 0.0591. The molecule has 0 amide bonds. The van der Waals surface area contributed by atoms with Crippen LogP contribution in [-0.4, -0.2) is 42.7 Å². The van der Waals surface area contributed by atoms with Crippen molar-refractivity contribution < 1.29 is 23.0 Å². The number of carbonyl (C=O) groups excluding carboxylic acids is 1. The summed E-state index contributed by atoms with van der Waals surface area (Å²) in [6, 6.07) is 5.96. The van der Waals surface area contributed by atoms with Crippen LogP contribution in [0, 0.1) is 0 Å². The van der Waals surface area contributed by atoms with Crippen LogP contribution in [0.25, 0.3) is 0 Å². The molecule has 1 aromatic carbocycles. The van der Waals surface area contributed by atoms with Crippen LogP contribution in [0.3, 0.4) is 0 Å². The first-order valence-electron chi connectivity index (χ1n) is 11.0. The Labute approximate surface area is 181 Å². The van der Waals surface area contributed by atoms with Crippen molar-refractivity contribution in [3.05, 3.63) is 58.2 Å². The number of esters is 1. The van der Waals surface area contributed by atoms with Gasteiger partial charge in [0, 0.05) is 38.2 Å². The number of nitrogens with zero attached hydrogens (tertiary/aromatic N) is 2. The van der Waals surface area contributed by atoms with Gasteiger partial charge in [0.15, 0.2) is 5.69 Å². The molecule has 1 aliphatic carbocycles. The van der Waals surface area contributed by atoms with E-state index in [1.54, 1.807) is 6.20 Å². The van der Waals surface area contributed by atoms with Gasteiger partial charge >= 0.3 is 5.97 Å². The van der Waals surface area contributed by atoms with Crippen LogP contribution < -0.4 is 0 Å². The first-order valence-corrected chi connectivity index (χ1v) is 11.0. The molecule has 2 heterocycles. The second-order valence-electron chi connectivity index (χ2n) is 8.33. The Balaban J connectivity index is 1.69. The van der Waals surface area contributed by atoms with E-state index in [-0.39, 0.29) is 12.1 Å². The number of rotatable bonds is 8. The molecule has 2 aromatic rings. The van der Waals surface area contributed by atoms with Gasteiger partial charge in [0.2, 0.25) is 6.43 Å². The Morgan fingerprint density at radius 2 is 1.97 bits per heavy atom. The van der Waals surface area contributed by atoms with Gasteiger partial charge < -0.3 is 9.47 Å². The van der Waals surface area contributed by atoms with Crippen LogP contribution in [0.2, 0.25) is 0 Å². The molecule has 31 heavy (non-hydrogen) atoms. The number of carbonyl (C=O) groups is 1. The van der Waals surface area contributed by atoms with E-state index in [1.165, 1.54) is 7.11 Å². The fourth-order valence-corrected chi connectivity index (χ4v) is 4.34. The molecule has 1 aliphatic heterocycles. The summed E-state index contributed by atoms with van der Waals surface area (Å²) in [6.45, 7) is 1.37. The largest absolute Gasteiger partial charge is 0.464 e. The van der Waals surface area contributed by atoms with Crippen molar-refractivity contribution in [2.75, 3.05) is 20.3 Å². The molecule has 2 aliphatic rings. The van der Waals surface area contributed by atoms with Crippen molar-refractivity contribution >= 4 is 5.97 Å². The third kappa shape index (κ3) is 5.26. The minimum Gasteiger partial charge on any atom is -0.464 e. The molecule has 4 rings (SSSR count). The number of alkyl halides is 2. The molecule has 7 heteroatoms. The molecule has 0 unspecified atom stereocenters. The molecule has 0 bridgehead atoms. The molecule has 1 saturated carbocycles. The lowest BCUT2D eigenvalue weighted by atomic mass is 9.83. The smallest absolute Gasteiger partial charge is 0.358 e. The SMILES string of the molecule is COC(=O)c1nc(C2CC2)cnc1Cc1cccc(C2CCOCC2)c1CCC(F)F. The van der Waals surface area contributed by atoms with E-state index in [0.29, 0.717) is 43.6 Å². The molecular weight excluding hydrogens is 402 g/mol. The van der Waals surface area contributed by atoms with Gasteiger partial charge in [-0.3, -0.25) is 4.98 Å². The quantitative estimate of drug-likeness (QED) is 0.562. The Morgan fingerprint density at radius 3 is 2.65 bits per heavy atom. The molecule has 166 valence electrons. The summed E-state index contributed by atoms with van der Waals surface area (Å²) in [5, 5.41) is 0. The minimum absolute atomic E-state index is 0.191. The predicted octanol–water partition coefficient (Wildman–Crippen LogP) is 4.82. The van der Waals surface area contributed by atoms with Crippen molar-refractivity contribution in [3.63, 3.8) is 0 Å². The summed E-state index contributed by atoms with van der Waals surface area (Å²) in [6.07, 6.45) is 3.71. The van der Waals surface area contributed by atoms with Crippen LogP contribution in [0.4, 0.5) is 8.78 Å². The average Bonchev–Trinajstić information content (AvgIpc) is 3.64. The third-order valence-corrected chi connectivity index (χ3v) is 6.18. The van der Waals surface area contributed by atoms with Gasteiger partial charge in [-0.2, -0.15) is 0 Å². The molecule has 2 fully saturated rings. The number of aromatic nitrogens is 2. The summed E-state index contributed by atoms with van der Waals surface area (Å²) in [4.78, 5) is 21.5. The molecule has 0 atom stereocenters. The topological polar surface area (TPSA) is 61.3 Å². The van der Waals surface area contributed by atoms with Crippen LogP contribution in [-0.2, 0) is 22.3 Å². The highest BCUT2D eigenvalue weighted by Gasteiger charge is 2.28. The molecule has 1 aromatic heterocycles. The van der Waals surface area contributed by atoms with E-state index < -0.39 is 12.4 Å². The Kier molecular flexibility index (Phi) is 6.90. The van der Waals surface area contributed by atoms with E-state index in [9.17, 15) is 13.6 Å². The van der Waals surface area contributed by atoms with Crippen LogP contribution >= 0.6 is 0 Å². The highest BCUT2D eigenvalue weighted by Crippen LogP contribution is 2.39. The molecule has 5 nitrogen and oxygen atoms in total. The van der Waals surface area contributed by atoms with E-state index in [1.807, 2.05) is 18.2 Å². The number of halogens is 2. The van der Waals surface area contributed by atoms with E-state index in [2.05, 4.69) is 9.97 Å². The number of methoxy groups -OCH3 is 1. The van der Waals surface area contributed by atoms with Crippen molar-refractivity contribution in [2.24, 2.45) is 0 Å². The zero-order chi connectivity index (χ0) is 21.8. The molecule has 0 N–H and O–H groups in total. The fraction of sp³-hybridized carbons (Fsp3) is 0.542. The maximum absolute atomic E-state index is 13.1. The highest BCUT2D eigenvalue weighted by atomic mass is 19.3. The summed E-state index contributed by atoms with van der Waals surface area (Å²) < 4.78 is 36.6. The predicted molar refractivity (Wildman–Crippen MR) is 112 cm³/mol. The summed E-state index contributed by atoms with van der Waals surface area (Å²) >= 11 is 0. The molecule has 0 radical (unpaired) electrons. The number of hydrogen-bond acceptors (Lipinski definition) is 5. The van der Waals surface area contributed by atoms with Gasteiger partial charge in [0.25, 0.3) is 0 Å². The van der Waals surface area contributed by atoms with E-state index >= 15 is 0 Å². The maximum Gasteiger partial charge on any atom is 0.358 e. The highest BCUT2D eigenvalue weighted by molar-refractivity contribution is 5.88. The second-order valence-corrected chi connectivity index (χ2v) is 8.33. The fourth-order valence-electron chi connectivity index (χ4n) is 4.34. The lowest BCUT2D eigenvalue weighted by Gasteiger charge is -2.26. The van der Waals surface area contributed by atoms with Gasteiger partial charge in [-0.15, -0.1) is 0 Å². The first kappa shape index (κ1) is 21.8. The summed E-state index contributed by atoms with van der Waals surface area (Å²) in [5.41, 5.74) is 4.55. The lowest BCUT2D eigenvalue weighted by Crippen LogP contribution is -2.17. The Hall–Kier alpha value is -2.41. The summed E-state index contributed by atoms with van der Waals surface area (Å²) in [5.74, 6) is 0.146. The second kappa shape index (κ2) is 9.81. The number of benzene rings is 1. The van der Waals surface area contributed by atoms with Crippen LogP contribution in [0.1, 0.15) is 82.5 Å². The van der Waals surface area contributed by atoms with Gasteiger partial charge in [0.1, 0.15) is 0 Å². The molecular formula is C24H28F2N2O3. The zero-order valence-electron chi connectivity index (χ0n) is 17.8. The van der Waals surface area contributed by atoms with Crippen LogP contribution in [0.5, 0.6) is 0 Å². The van der Waals surface area contributed by atoms with E-state index in [4.69, 9.17) is 9.47 Å².